The molecule has 0 heterocycles. The van der Waals surface area contributed by atoms with Gasteiger partial charge >= 0.3 is 0 Å². The molecule has 21 heavy (non-hydrogen) atoms. The molecule has 1 N–H and O–H groups in total. The zero-order valence-electron chi connectivity index (χ0n) is 13.8. The number of methoxy groups -OCH3 is 2. The highest BCUT2D eigenvalue weighted by Crippen LogP contribution is 2.26. The van der Waals surface area contributed by atoms with Crippen LogP contribution in [0.15, 0.2) is 18.2 Å². The average Bonchev–Trinajstić information content (AvgIpc) is 2.53. The zero-order valence-corrected chi connectivity index (χ0v) is 13.8. The maximum Gasteiger partial charge on any atom is 0.127 e. The fraction of sp³-hybridized carbons (Fsp3) is 0.647. The lowest BCUT2D eigenvalue weighted by Crippen LogP contribution is -2.19. The average molecular weight is 295 g/mol. The van der Waals surface area contributed by atoms with Gasteiger partial charge in [0, 0.05) is 31.8 Å². The van der Waals surface area contributed by atoms with Crippen LogP contribution in [0.25, 0.3) is 0 Å². The largest absolute Gasteiger partial charge is 0.497 e. The molecule has 0 aliphatic carbocycles. The van der Waals surface area contributed by atoms with Crippen LogP contribution in [0.3, 0.4) is 0 Å². The predicted molar refractivity (Wildman–Crippen MR) is 86.1 cm³/mol. The molecule has 0 fully saturated rings. The van der Waals surface area contributed by atoms with Crippen LogP contribution in [-0.2, 0) is 11.3 Å². The third-order valence-corrected chi connectivity index (χ3v) is 3.70. The van der Waals surface area contributed by atoms with Crippen LogP contribution in [0.2, 0.25) is 0 Å². The first kappa shape index (κ1) is 17.8. The van der Waals surface area contributed by atoms with Crippen LogP contribution in [-0.4, -0.2) is 34.0 Å². The Balaban J connectivity index is 2.67. The first-order chi connectivity index (χ1) is 10.2. The van der Waals surface area contributed by atoms with Crippen molar-refractivity contribution in [2.24, 2.45) is 5.92 Å². The van der Waals surface area contributed by atoms with E-state index in [1.165, 1.54) is 0 Å². The fourth-order valence-electron chi connectivity index (χ4n) is 2.07. The molecule has 0 bridgehead atoms. The van der Waals surface area contributed by atoms with Gasteiger partial charge in [-0.3, -0.25) is 0 Å². The lowest BCUT2D eigenvalue weighted by molar-refractivity contribution is 0.198. The van der Waals surface area contributed by atoms with Gasteiger partial charge in [0.1, 0.15) is 11.5 Å². The normalized spacial score (nSPS) is 10.9. The summed E-state index contributed by atoms with van der Waals surface area (Å²) in [5.74, 6) is 2.34. The number of hydrogen-bond donors (Lipinski definition) is 1. The van der Waals surface area contributed by atoms with E-state index in [1.807, 2.05) is 12.1 Å². The van der Waals surface area contributed by atoms with E-state index in [-0.39, 0.29) is 0 Å². The summed E-state index contributed by atoms with van der Waals surface area (Å²) in [7, 11) is 3.38. The van der Waals surface area contributed by atoms with Crippen LogP contribution in [0.4, 0.5) is 0 Å². The van der Waals surface area contributed by atoms with Crippen molar-refractivity contribution in [3.63, 3.8) is 0 Å². The minimum Gasteiger partial charge on any atom is -0.497 e. The lowest BCUT2D eigenvalue weighted by Gasteiger charge is -2.17. The first-order valence-electron chi connectivity index (χ1n) is 7.74. The van der Waals surface area contributed by atoms with Crippen molar-refractivity contribution in [2.45, 2.75) is 33.2 Å². The van der Waals surface area contributed by atoms with Gasteiger partial charge < -0.3 is 19.5 Å². The monoisotopic (exact) mass is 295 g/mol. The molecule has 0 saturated heterocycles. The highest BCUT2D eigenvalue weighted by molar-refractivity contribution is 5.40. The van der Waals surface area contributed by atoms with Gasteiger partial charge in [0.2, 0.25) is 0 Å². The first-order valence-corrected chi connectivity index (χ1v) is 7.74. The quantitative estimate of drug-likeness (QED) is 0.636. The Morgan fingerprint density at radius 1 is 1.14 bits per heavy atom. The Hall–Kier alpha value is -1.26. The topological polar surface area (TPSA) is 39.7 Å². The Kier molecular flexibility index (Phi) is 8.87. The molecule has 0 amide bonds. The van der Waals surface area contributed by atoms with Gasteiger partial charge in [-0.05, 0) is 12.0 Å². The maximum atomic E-state index is 6.03. The van der Waals surface area contributed by atoms with Gasteiger partial charge in [-0.1, -0.05) is 32.8 Å². The summed E-state index contributed by atoms with van der Waals surface area (Å²) in [6.07, 6.45) is 2.28. The SMILES string of the molecule is CCC(CC)COc1cc(OC)ccc1CNCCOC. The van der Waals surface area contributed by atoms with Gasteiger partial charge in [-0.15, -0.1) is 0 Å². The molecule has 4 heteroatoms. The smallest absolute Gasteiger partial charge is 0.127 e. The van der Waals surface area contributed by atoms with Crippen LogP contribution in [0.5, 0.6) is 11.5 Å². The summed E-state index contributed by atoms with van der Waals surface area (Å²) < 4.78 is 16.4. The minimum atomic E-state index is 0.602. The molecule has 4 nitrogen and oxygen atoms in total. The van der Waals surface area contributed by atoms with E-state index in [2.05, 4.69) is 25.2 Å². The van der Waals surface area contributed by atoms with E-state index in [1.54, 1.807) is 14.2 Å². The summed E-state index contributed by atoms with van der Waals surface area (Å²) in [5, 5.41) is 3.35. The second-order valence-electron chi connectivity index (χ2n) is 5.14. The Morgan fingerprint density at radius 3 is 2.52 bits per heavy atom. The van der Waals surface area contributed by atoms with Crippen LogP contribution in [0, 0.1) is 5.92 Å². The molecular weight excluding hydrogens is 266 g/mol. The molecule has 0 aliphatic rings. The van der Waals surface area contributed by atoms with Crippen LogP contribution < -0.4 is 14.8 Å². The summed E-state index contributed by atoms with van der Waals surface area (Å²) in [6.45, 7) is 7.47. The molecule has 1 aromatic rings. The number of benzene rings is 1. The summed E-state index contributed by atoms with van der Waals surface area (Å²) in [5.41, 5.74) is 1.15. The van der Waals surface area contributed by atoms with Crippen LogP contribution in [0.1, 0.15) is 32.3 Å². The second kappa shape index (κ2) is 10.5. The van der Waals surface area contributed by atoms with Crippen molar-refractivity contribution in [2.75, 3.05) is 34.0 Å². The Labute approximate surface area is 128 Å². The van der Waals surface area contributed by atoms with E-state index in [9.17, 15) is 0 Å². The van der Waals surface area contributed by atoms with Crippen molar-refractivity contribution >= 4 is 0 Å². The third-order valence-electron chi connectivity index (χ3n) is 3.70. The maximum absolute atomic E-state index is 6.03. The standard InChI is InChI=1S/C17H29NO3/c1-5-14(6-2)13-21-17-11-16(20-4)8-7-15(17)12-18-9-10-19-3/h7-8,11,14,18H,5-6,9-10,12-13H2,1-4H3. The molecule has 0 spiro atoms. The third kappa shape index (κ3) is 6.36. The predicted octanol–water partition coefficient (Wildman–Crippen LogP) is 3.25. The van der Waals surface area contributed by atoms with Gasteiger partial charge in [-0.2, -0.15) is 0 Å². The van der Waals surface area contributed by atoms with Crippen molar-refractivity contribution in [1.29, 1.82) is 0 Å². The van der Waals surface area contributed by atoms with E-state index in [0.717, 1.165) is 49.6 Å². The zero-order chi connectivity index (χ0) is 15.5. The second-order valence-corrected chi connectivity index (χ2v) is 5.14. The van der Waals surface area contributed by atoms with Gasteiger partial charge in [0.05, 0.1) is 20.3 Å². The summed E-state index contributed by atoms with van der Waals surface area (Å²) >= 11 is 0. The Bertz CT molecular complexity index is 392. The van der Waals surface area contributed by atoms with Gasteiger partial charge in [0.25, 0.3) is 0 Å². The highest BCUT2D eigenvalue weighted by Gasteiger charge is 2.09. The molecule has 120 valence electrons. The van der Waals surface area contributed by atoms with E-state index < -0.39 is 0 Å². The minimum absolute atomic E-state index is 0.602. The molecular formula is C17H29NO3. The molecule has 0 atom stereocenters. The van der Waals surface area contributed by atoms with E-state index in [0.29, 0.717) is 12.5 Å². The molecule has 0 unspecified atom stereocenters. The number of nitrogens with one attached hydrogen (secondary N) is 1. The highest BCUT2D eigenvalue weighted by atomic mass is 16.5. The Morgan fingerprint density at radius 2 is 1.90 bits per heavy atom. The van der Waals surface area contributed by atoms with Gasteiger partial charge in [-0.25, -0.2) is 0 Å². The molecule has 0 aliphatic heterocycles. The number of ether oxygens (including phenoxy) is 3. The van der Waals surface area contributed by atoms with Gasteiger partial charge in [0.15, 0.2) is 0 Å². The van der Waals surface area contributed by atoms with E-state index in [4.69, 9.17) is 14.2 Å². The fourth-order valence-corrected chi connectivity index (χ4v) is 2.07. The molecule has 0 saturated carbocycles. The van der Waals surface area contributed by atoms with Crippen molar-refractivity contribution < 1.29 is 14.2 Å². The summed E-state index contributed by atoms with van der Waals surface area (Å²) in [6, 6.07) is 5.99. The van der Waals surface area contributed by atoms with Crippen molar-refractivity contribution in [1.82, 2.24) is 5.32 Å². The summed E-state index contributed by atoms with van der Waals surface area (Å²) in [4.78, 5) is 0. The number of rotatable bonds is 11. The lowest BCUT2D eigenvalue weighted by atomic mass is 10.1. The van der Waals surface area contributed by atoms with Crippen LogP contribution >= 0.6 is 0 Å². The molecule has 1 rings (SSSR count). The molecule has 1 aromatic carbocycles. The molecule has 0 radical (unpaired) electrons. The van der Waals surface area contributed by atoms with Crippen molar-refractivity contribution in [3.8, 4) is 11.5 Å². The molecule has 0 aromatic heterocycles. The number of hydrogen-bond acceptors (Lipinski definition) is 4. The van der Waals surface area contributed by atoms with E-state index >= 15 is 0 Å². The van der Waals surface area contributed by atoms with Crippen molar-refractivity contribution in [3.05, 3.63) is 23.8 Å².